The van der Waals surface area contributed by atoms with Gasteiger partial charge in [0.2, 0.25) is 0 Å². The molecule has 1 aliphatic heterocycles. The zero-order valence-corrected chi connectivity index (χ0v) is 21.4. The molecule has 10 heteroatoms. The largest absolute Gasteiger partial charge is 0.573 e. The van der Waals surface area contributed by atoms with Gasteiger partial charge in [0.05, 0.1) is 10.7 Å². The summed E-state index contributed by atoms with van der Waals surface area (Å²) in [4.78, 5) is 19.6. The Balaban J connectivity index is 1.15. The molecule has 0 aliphatic carbocycles. The normalized spacial score (nSPS) is 14.6. The van der Waals surface area contributed by atoms with Gasteiger partial charge in [0.1, 0.15) is 17.1 Å². The summed E-state index contributed by atoms with van der Waals surface area (Å²) in [5.74, 6) is -0.131. The first-order valence-electron chi connectivity index (χ1n) is 12.3. The Morgan fingerprint density at radius 1 is 1.05 bits per heavy atom. The number of ether oxygens (including phenoxy) is 1. The zero-order chi connectivity index (χ0) is 26.9. The highest BCUT2D eigenvalue weighted by molar-refractivity contribution is 6.30. The van der Waals surface area contributed by atoms with Crippen LogP contribution in [0.5, 0.6) is 5.75 Å². The maximum absolute atomic E-state index is 12.9. The van der Waals surface area contributed by atoms with Crippen molar-refractivity contribution < 1.29 is 22.7 Å². The van der Waals surface area contributed by atoms with Crippen LogP contribution in [0.25, 0.3) is 5.65 Å². The molecule has 5 rings (SSSR count). The number of halogens is 4. The van der Waals surface area contributed by atoms with E-state index in [4.69, 9.17) is 11.6 Å². The third kappa shape index (κ3) is 5.88. The number of benzene rings is 2. The Hall–Kier alpha value is -3.72. The molecule has 0 spiro atoms. The van der Waals surface area contributed by atoms with E-state index < -0.39 is 6.36 Å². The molecule has 2 aromatic heterocycles. The van der Waals surface area contributed by atoms with E-state index >= 15 is 0 Å². The monoisotopic (exact) mass is 542 g/mol. The second-order valence-corrected chi connectivity index (χ2v) is 9.79. The number of pyridine rings is 1. The van der Waals surface area contributed by atoms with Crippen LogP contribution in [0.2, 0.25) is 5.02 Å². The first-order chi connectivity index (χ1) is 18.2. The number of aromatic nitrogens is 2. The molecule has 38 heavy (non-hydrogen) atoms. The molecule has 198 valence electrons. The van der Waals surface area contributed by atoms with Crippen LogP contribution in [0.1, 0.15) is 46.1 Å². The zero-order valence-electron chi connectivity index (χ0n) is 20.6. The molecule has 2 aromatic carbocycles. The Labute approximate surface area is 223 Å². The summed E-state index contributed by atoms with van der Waals surface area (Å²) in [6.45, 7) is 3.86. The Kier molecular flexibility index (Phi) is 7.21. The van der Waals surface area contributed by atoms with Crippen LogP contribution in [0.15, 0.2) is 66.9 Å². The highest BCUT2D eigenvalue weighted by Gasteiger charge is 2.31. The molecule has 0 saturated carbocycles. The second-order valence-electron chi connectivity index (χ2n) is 9.35. The number of fused-ring (bicyclic) bond motifs is 1. The Bertz CT molecular complexity index is 1430. The Morgan fingerprint density at radius 3 is 2.39 bits per heavy atom. The van der Waals surface area contributed by atoms with Gasteiger partial charge in [0, 0.05) is 31.5 Å². The maximum Gasteiger partial charge on any atom is 0.573 e. The molecule has 4 aromatic rings. The molecule has 0 atom stereocenters. The number of hydrogen-bond acceptors (Lipinski definition) is 4. The van der Waals surface area contributed by atoms with Crippen LogP contribution in [-0.2, 0) is 6.54 Å². The number of imidazole rings is 1. The molecule has 1 aliphatic rings. The van der Waals surface area contributed by atoms with Gasteiger partial charge < -0.3 is 15.0 Å². The number of rotatable bonds is 6. The summed E-state index contributed by atoms with van der Waals surface area (Å²) in [5, 5.41) is 3.49. The number of carbonyl (C=O) groups is 1. The predicted octanol–water partition coefficient (Wildman–Crippen LogP) is 6.51. The minimum atomic E-state index is -4.68. The lowest BCUT2D eigenvalue weighted by atomic mass is 9.89. The first kappa shape index (κ1) is 25.9. The SMILES string of the molecule is Cc1nc2ccc(Cl)cn2c1C(=O)NCc1ccc(N2CCC(c3ccc(OC(F)(F)F)cc3)CC2)cc1. The summed E-state index contributed by atoms with van der Waals surface area (Å²) in [6, 6.07) is 17.8. The number of hydrogen-bond donors (Lipinski definition) is 1. The molecule has 0 bridgehead atoms. The average molecular weight is 543 g/mol. The van der Waals surface area contributed by atoms with Crippen molar-refractivity contribution in [3.8, 4) is 5.75 Å². The van der Waals surface area contributed by atoms with Crippen molar-refractivity contribution in [1.29, 1.82) is 0 Å². The van der Waals surface area contributed by atoms with Crippen molar-refractivity contribution in [1.82, 2.24) is 14.7 Å². The molecule has 6 nitrogen and oxygen atoms in total. The predicted molar refractivity (Wildman–Crippen MR) is 140 cm³/mol. The van der Waals surface area contributed by atoms with Gasteiger partial charge in [-0.05, 0) is 73.2 Å². The van der Waals surface area contributed by atoms with Gasteiger partial charge in [-0.3, -0.25) is 9.20 Å². The minimum absolute atomic E-state index is 0.201. The lowest BCUT2D eigenvalue weighted by molar-refractivity contribution is -0.274. The van der Waals surface area contributed by atoms with Crippen LogP contribution in [0.3, 0.4) is 0 Å². The highest BCUT2D eigenvalue weighted by atomic mass is 35.5. The quantitative estimate of drug-likeness (QED) is 0.302. The highest BCUT2D eigenvalue weighted by Crippen LogP contribution is 2.32. The van der Waals surface area contributed by atoms with Crippen molar-refractivity contribution >= 4 is 28.8 Å². The van der Waals surface area contributed by atoms with E-state index in [1.54, 1.807) is 41.8 Å². The summed E-state index contributed by atoms with van der Waals surface area (Å²) >= 11 is 6.10. The fraction of sp³-hybridized carbons (Fsp3) is 0.286. The molecular weight excluding hydrogens is 517 g/mol. The molecule has 1 N–H and O–H groups in total. The van der Waals surface area contributed by atoms with Gasteiger partial charge in [-0.25, -0.2) is 4.98 Å². The van der Waals surface area contributed by atoms with E-state index in [2.05, 4.69) is 19.9 Å². The van der Waals surface area contributed by atoms with Crippen molar-refractivity contribution in [3.05, 3.63) is 94.4 Å². The first-order valence-corrected chi connectivity index (χ1v) is 12.7. The number of anilines is 1. The standard InChI is InChI=1S/C28H26ClF3N4O2/c1-18-26(36-17-22(29)6-11-25(36)34-18)27(37)33-16-19-2-7-23(8-3-19)35-14-12-21(13-15-35)20-4-9-24(10-5-20)38-28(30,31)32/h2-11,17,21H,12-16H2,1H3,(H,33,37). The third-order valence-corrected chi connectivity index (χ3v) is 7.03. The lowest BCUT2D eigenvalue weighted by Gasteiger charge is -2.34. The number of nitrogens with one attached hydrogen (secondary N) is 1. The van der Waals surface area contributed by atoms with E-state index in [1.165, 1.54) is 12.1 Å². The third-order valence-electron chi connectivity index (χ3n) is 6.81. The van der Waals surface area contributed by atoms with Crippen molar-refractivity contribution in [3.63, 3.8) is 0 Å². The number of carbonyl (C=O) groups excluding carboxylic acids is 1. The number of alkyl halides is 3. The second kappa shape index (κ2) is 10.6. The smallest absolute Gasteiger partial charge is 0.406 e. The van der Waals surface area contributed by atoms with Crippen LogP contribution in [0.4, 0.5) is 18.9 Å². The van der Waals surface area contributed by atoms with Crippen LogP contribution in [0, 0.1) is 6.92 Å². The van der Waals surface area contributed by atoms with Crippen molar-refractivity contribution in [2.75, 3.05) is 18.0 Å². The van der Waals surface area contributed by atoms with Gasteiger partial charge in [0.25, 0.3) is 5.91 Å². The molecule has 0 unspecified atom stereocenters. The number of nitrogens with zero attached hydrogens (tertiary/aromatic N) is 3. The van der Waals surface area contributed by atoms with Crippen LogP contribution >= 0.6 is 11.6 Å². The van der Waals surface area contributed by atoms with Crippen LogP contribution < -0.4 is 15.0 Å². The summed E-state index contributed by atoms with van der Waals surface area (Å²) in [6.07, 6.45) is -1.20. The van der Waals surface area contributed by atoms with Crippen molar-refractivity contribution in [2.24, 2.45) is 0 Å². The summed E-state index contributed by atoms with van der Waals surface area (Å²) < 4.78 is 42.8. The van der Waals surface area contributed by atoms with E-state index in [9.17, 15) is 18.0 Å². The molecule has 1 amide bonds. The minimum Gasteiger partial charge on any atom is -0.406 e. The van der Waals surface area contributed by atoms with E-state index in [-0.39, 0.29) is 11.7 Å². The van der Waals surface area contributed by atoms with Gasteiger partial charge in [0.15, 0.2) is 0 Å². The summed E-state index contributed by atoms with van der Waals surface area (Å²) in [5.41, 5.74) is 4.85. The number of aryl methyl sites for hydroxylation is 1. The van der Waals surface area contributed by atoms with E-state index in [0.717, 1.165) is 42.7 Å². The molecule has 3 heterocycles. The van der Waals surface area contributed by atoms with E-state index in [1.807, 2.05) is 24.3 Å². The maximum atomic E-state index is 12.9. The molecule has 1 saturated heterocycles. The van der Waals surface area contributed by atoms with Crippen molar-refractivity contribution in [2.45, 2.75) is 38.6 Å². The molecule has 0 radical (unpaired) electrons. The average Bonchev–Trinajstić information content (AvgIpc) is 3.22. The lowest BCUT2D eigenvalue weighted by Crippen LogP contribution is -2.32. The topological polar surface area (TPSA) is 58.9 Å². The fourth-order valence-electron chi connectivity index (χ4n) is 4.91. The number of piperidine rings is 1. The molecular formula is C28H26ClF3N4O2. The van der Waals surface area contributed by atoms with Gasteiger partial charge in [-0.1, -0.05) is 35.9 Å². The van der Waals surface area contributed by atoms with Crippen LogP contribution in [-0.4, -0.2) is 34.7 Å². The Morgan fingerprint density at radius 2 is 1.74 bits per heavy atom. The molecule has 1 fully saturated rings. The van der Waals surface area contributed by atoms with E-state index in [0.29, 0.717) is 34.5 Å². The van der Waals surface area contributed by atoms with Gasteiger partial charge >= 0.3 is 6.36 Å². The van der Waals surface area contributed by atoms with Gasteiger partial charge in [-0.15, -0.1) is 13.2 Å². The fourth-order valence-corrected chi connectivity index (χ4v) is 5.07. The number of amides is 1. The summed E-state index contributed by atoms with van der Waals surface area (Å²) in [7, 11) is 0. The van der Waals surface area contributed by atoms with Gasteiger partial charge in [-0.2, -0.15) is 0 Å².